The number of anilines is 1. The van der Waals surface area contributed by atoms with Crippen LogP contribution in [-0.2, 0) is 6.54 Å². The van der Waals surface area contributed by atoms with E-state index in [0.717, 1.165) is 11.3 Å². The average Bonchev–Trinajstić information content (AvgIpc) is 3.30. The number of nitrogens with zero attached hydrogens (tertiary/aromatic N) is 4. The second-order valence-electron chi connectivity index (χ2n) is 6.86. The molecule has 0 saturated heterocycles. The van der Waals surface area contributed by atoms with Gasteiger partial charge in [0, 0.05) is 17.8 Å². The number of hydrogen-bond acceptors (Lipinski definition) is 4. The van der Waals surface area contributed by atoms with Crippen molar-refractivity contribution in [3.8, 4) is 6.07 Å². The summed E-state index contributed by atoms with van der Waals surface area (Å²) in [6, 6.07) is 7.51. The number of aryl methyl sites for hydroxylation is 1. The number of nitriles is 1. The molecule has 2 heterocycles. The van der Waals surface area contributed by atoms with Crippen molar-refractivity contribution in [3.63, 3.8) is 0 Å². The summed E-state index contributed by atoms with van der Waals surface area (Å²) in [5.74, 6) is -0.333. The SMILES string of the molecule is Cc1cc(F)cc2c(NCc3ccn(C4CCCC4)n3)c(C#N)cnc12. The fourth-order valence-corrected chi connectivity index (χ4v) is 3.73. The number of rotatable bonds is 4. The average molecular weight is 349 g/mol. The molecule has 1 fully saturated rings. The van der Waals surface area contributed by atoms with Gasteiger partial charge in [0.1, 0.15) is 11.9 Å². The van der Waals surface area contributed by atoms with E-state index in [1.807, 2.05) is 23.9 Å². The Kier molecular flexibility index (Phi) is 4.29. The summed E-state index contributed by atoms with van der Waals surface area (Å²) >= 11 is 0. The maximum Gasteiger partial charge on any atom is 0.124 e. The minimum Gasteiger partial charge on any atom is -0.378 e. The number of fused-ring (bicyclic) bond motifs is 1. The highest BCUT2D eigenvalue weighted by Gasteiger charge is 2.18. The fraction of sp³-hybridized carbons (Fsp3) is 0.350. The van der Waals surface area contributed by atoms with Crippen molar-refractivity contribution in [2.75, 3.05) is 5.32 Å². The van der Waals surface area contributed by atoms with Gasteiger partial charge in [0.15, 0.2) is 0 Å². The molecule has 3 aromatic rings. The molecule has 4 rings (SSSR count). The van der Waals surface area contributed by atoms with Crippen LogP contribution < -0.4 is 5.32 Å². The van der Waals surface area contributed by atoms with Crippen molar-refractivity contribution in [1.82, 2.24) is 14.8 Å². The summed E-state index contributed by atoms with van der Waals surface area (Å²) < 4.78 is 15.9. The molecule has 1 saturated carbocycles. The first kappa shape index (κ1) is 16.5. The van der Waals surface area contributed by atoms with E-state index in [-0.39, 0.29) is 5.82 Å². The van der Waals surface area contributed by atoms with E-state index in [9.17, 15) is 9.65 Å². The minimum absolute atomic E-state index is 0.333. The summed E-state index contributed by atoms with van der Waals surface area (Å²) in [4.78, 5) is 4.32. The van der Waals surface area contributed by atoms with Crippen LogP contribution in [0.1, 0.15) is 48.5 Å². The molecule has 0 aliphatic heterocycles. The highest BCUT2D eigenvalue weighted by molar-refractivity contribution is 5.95. The Bertz CT molecular complexity index is 995. The van der Waals surface area contributed by atoms with E-state index in [1.54, 1.807) is 0 Å². The fourth-order valence-electron chi connectivity index (χ4n) is 3.73. The van der Waals surface area contributed by atoms with E-state index in [0.29, 0.717) is 34.7 Å². The van der Waals surface area contributed by atoms with Gasteiger partial charge in [-0.3, -0.25) is 9.67 Å². The van der Waals surface area contributed by atoms with Crippen LogP contribution in [0.4, 0.5) is 10.1 Å². The lowest BCUT2D eigenvalue weighted by atomic mass is 10.1. The number of pyridine rings is 1. The van der Waals surface area contributed by atoms with Gasteiger partial charge in [-0.1, -0.05) is 12.8 Å². The molecule has 5 nitrogen and oxygen atoms in total. The van der Waals surface area contributed by atoms with Crippen LogP contribution in [0.5, 0.6) is 0 Å². The van der Waals surface area contributed by atoms with E-state index >= 15 is 0 Å². The Balaban J connectivity index is 1.63. The maximum atomic E-state index is 13.9. The molecule has 26 heavy (non-hydrogen) atoms. The van der Waals surface area contributed by atoms with Gasteiger partial charge in [-0.2, -0.15) is 10.4 Å². The zero-order chi connectivity index (χ0) is 18.1. The lowest BCUT2D eigenvalue weighted by molar-refractivity contribution is 0.463. The molecule has 132 valence electrons. The third-order valence-corrected chi connectivity index (χ3v) is 5.06. The monoisotopic (exact) mass is 349 g/mol. The first-order chi connectivity index (χ1) is 12.7. The molecule has 1 N–H and O–H groups in total. The van der Waals surface area contributed by atoms with Crippen LogP contribution in [0.25, 0.3) is 10.9 Å². The zero-order valence-electron chi connectivity index (χ0n) is 14.7. The summed E-state index contributed by atoms with van der Waals surface area (Å²) in [6.45, 7) is 2.29. The van der Waals surface area contributed by atoms with E-state index in [4.69, 9.17) is 0 Å². The first-order valence-corrected chi connectivity index (χ1v) is 8.92. The topological polar surface area (TPSA) is 66.5 Å². The summed E-state index contributed by atoms with van der Waals surface area (Å²) in [5, 5.41) is 18.0. The van der Waals surface area contributed by atoms with Crippen LogP contribution >= 0.6 is 0 Å². The Morgan fingerprint density at radius 1 is 1.35 bits per heavy atom. The summed E-state index contributed by atoms with van der Waals surface area (Å²) in [6.07, 6.45) is 8.44. The lowest BCUT2D eigenvalue weighted by Gasteiger charge is -2.12. The minimum atomic E-state index is -0.333. The lowest BCUT2D eigenvalue weighted by Crippen LogP contribution is -2.08. The van der Waals surface area contributed by atoms with Gasteiger partial charge >= 0.3 is 0 Å². The van der Waals surface area contributed by atoms with Gasteiger partial charge in [0.25, 0.3) is 0 Å². The quantitative estimate of drug-likeness (QED) is 0.754. The van der Waals surface area contributed by atoms with Crippen LogP contribution in [0.3, 0.4) is 0 Å². The zero-order valence-corrected chi connectivity index (χ0v) is 14.7. The third-order valence-electron chi connectivity index (χ3n) is 5.06. The summed E-state index contributed by atoms with van der Waals surface area (Å²) in [7, 11) is 0. The molecule has 0 spiro atoms. The van der Waals surface area contributed by atoms with Gasteiger partial charge in [0.2, 0.25) is 0 Å². The van der Waals surface area contributed by atoms with Crippen LogP contribution in [0.2, 0.25) is 0 Å². The van der Waals surface area contributed by atoms with Crippen molar-refractivity contribution in [3.05, 3.63) is 53.2 Å². The largest absolute Gasteiger partial charge is 0.378 e. The number of aromatic nitrogens is 3. The van der Waals surface area contributed by atoms with Gasteiger partial charge in [-0.05, 0) is 43.5 Å². The molecule has 0 amide bonds. The van der Waals surface area contributed by atoms with Crippen LogP contribution in [0, 0.1) is 24.1 Å². The van der Waals surface area contributed by atoms with Crippen molar-refractivity contribution < 1.29 is 4.39 Å². The van der Waals surface area contributed by atoms with Crippen molar-refractivity contribution in [2.24, 2.45) is 0 Å². The Labute approximate surface area is 151 Å². The van der Waals surface area contributed by atoms with Gasteiger partial charge < -0.3 is 5.32 Å². The third kappa shape index (κ3) is 3.01. The smallest absolute Gasteiger partial charge is 0.124 e. The molecule has 2 aromatic heterocycles. The molecule has 0 radical (unpaired) electrons. The normalized spacial score (nSPS) is 14.7. The molecule has 6 heteroatoms. The highest BCUT2D eigenvalue weighted by atomic mass is 19.1. The van der Waals surface area contributed by atoms with Gasteiger partial charge in [-0.15, -0.1) is 0 Å². The van der Waals surface area contributed by atoms with Gasteiger partial charge in [-0.25, -0.2) is 4.39 Å². The van der Waals surface area contributed by atoms with Crippen molar-refractivity contribution >= 4 is 16.6 Å². The van der Waals surface area contributed by atoms with Crippen LogP contribution in [-0.4, -0.2) is 14.8 Å². The highest BCUT2D eigenvalue weighted by Crippen LogP contribution is 2.30. The molecule has 1 aliphatic rings. The molecular weight excluding hydrogens is 329 g/mol. The predicted octanol–water partition coefficient (Wildman–Crippen LogP) is 4.48. The number of halogens is 1. The van der Waals surface area contributed by atoms with Crippen LogP contribution in [0.15, 0.2) is 30.6 Å². The van der Waals surface area contributed by atoms with E-state index in [2.05, 4.69) is 21.5 Å². The number of benzene rings is 1. The second kappa shape index (κ2) is 6.75. The molecule has 0 bridgehead atoms. The molecule has 1 aromatic carbocycles. The van der Waals surface area contributed by atoms with E-state index in [1.165, 1.54) is 44.0 Å². The molecule has 1 aliphatic carbocycles. The standard InChI is InChI=1S/C20H20FN5/c1-13-8-15(21)9-18-19(13)23-11-14(10-22)20(18)24-12-16-6-7-26(25-16)17-4-2-3-5-17/h6-9,11,17H,2-5,12H2,1H3,(H,23,24). The Morgan fingerprint density at radius 3 is 2.92 bits per heavy atom. The Morgan fingerprint density at radius 2 is 2.15 bits per heavy atom. The predicted molar refractivity (Wildman–Crippen MR) is 98.2 cm³/mol. The number of hydrogen-bond donors (Lipinski definition) is 1. The molecule has 0 atom stereocenters. The molecular formula is C20H20FN5. The van der Waals surface area contributed by atoms with E-state index < -0.39 is 0 Å². The maximum absolute atomic E-state index is 13.9. The molecule has 0 unspecified atom stereocenters. The van der Waals surface area contributed by atoms with Crippen molar-refractivity contribution in [1.29, 1.82) is 5.26 Å². The van der Waals surface area contributed by atoms with Crippen molar-refractivity contribution in [2.45, 2.75) is 45.2 Å². The first-order valence-electron chi connectivity index (χ1n) is 8.92. The summed E-state index contributed by atoms with van der Waals surface area (Å²) in [5.41, 5.74) is 3.36. The Hall–Kier alpha value is -2.94. The second-order valence-corrected chi connectivity index (χ2v) is 6.86. The van der Waals surface area contributed by atoms with Gasteiger partial charge in [0.05, 0.1) is 35.0 Å². The number of nitrogens with one attached hydrogen (secondary N) is 1.